The number of hydrogen-bond donors (Lipinski definition) is 2. The lowest BCUT2D eigenvalue weighted by molar-refractivity contribution is -0.166. The van der Waals surface area contributed by atoms with Gasteiger partial charge in [-0.25, -0.2) is 9.59 Å². The molecule has 176 valence electrons. The van der Waals surface area contributed by atoms with Crippen molar-refractivity contribution in [2.75, 3.05) is 6.54 Å². The Hall–Kier alpha value is -3.19. The molecule has 1 heterocycles. The molecule has 0 aromatic heterocycles. The number of ether oxygens (including phenoxy) is 2. The van der Waals surface area contributed by atoms with Crippen molar-refractivity contribution < 1.29 is 23.9 Å². The van der Waals surface area contributed by atoms with Gasteiger partial charge in [0, 0.05) is 35.3 Å². The van der Waals surface area contributed by atoms with Gasteiger partial charge < -0.3 is 20.5 Å². The molecule has 0 unspecified atom stereocenters. The summed E-state index contributed by atoms with van der Waals surface area (Å²) in [4.78, 5) is 39.8. The number of primary amides is 1. The lowest BCUT2D eigenvalue weighted by atomic mass is 9.90. The molecule has 0 bridgehead atoms. The van der Waals surface area contributed by atoms with Crippen LogP contribution in [0.3, 0.4) is 0 Å². The van der Waals surface area contributed by atoms with E-state index < -0.39 is 40.7 Å². The van der Waals surface area contributed by atoms with E-state index in [1.807, 2.05) is 51.1 Å². The molecule has 2 atom stereocenters. The number of benzene rings is 1. The highest BCUT2D eigenvalue weighted by Crippen LogP contribution is 2.37. The van der Waals surface area contributed by atoms with Crippen LogP contribution < -0.4 is 11.1 Å². The molecule has 1 aromatic carbocycles. The van der Waals surface area contributed by atoms with Gasteiger partial charge >= 0.3 is 12.1 Å². The highest BCUT2D eigenvalue weighted by Gasteiger charge is 2.60. The van der Waals surface area contributed by atoms with Crippen molar-refractivity contribution in [3.05, 3.63) is 35.9 Å². The van der Waals surface area contributed by atoms with Crippen molar-refractivity contribution in [2.24, 2.45) is 5.73 Å². The number of carbonyl (C=O) groups excluding carboxylic acids is 3. The zero-order valence-electron chi connectivity index (χ0n) is 19.5. The largest absolute Gasteiger partial charge is 0.459 e. The SMILES string of the molecule is CC(C)(C)OC(=O)N[C@H]1CN(C(C)(C)C)[C@@](C(N)=O)(C(=O)OCc2ccccc2)C1.N#N. The van der Waals surface area contributed by atoms with Gasteiger partial charge in [-0.2, -0.15) is 0 Å². The smallest absolute Gasteiger partial charge is 0.407 e. The predicted molar refractivity (Wildman–Crippen MR) is 116 cm³/mol. The third-order valence-corrected chi connectivity index (χ3v) is 4.89. The first-order chi connectivity index (χ1) is 14.8. The third kappa shape index (κ3) is 6.65. The summed E-state index contributed by atoms with van der Waals surface area (Å²) in [5.74, 6) is -1.52. The summed E-state index contributed by atoms with van der Waals surface area (Å²) < 4.78 is 10.8. The highest BCUT2D eigenvalue weighted by molar-refractivity contribution is 6.07. The average molecular weight is 448 g/mol. The van der Waals surface area contributed by atoms with E-state index in [-0.39, 0.29) is 19.6 Å². The Morgan fingerprint density at radius 1 is 1.12 bits per heavy atom. The number of carbonyl (C=O) groups is 3. The highest BCUT2D eigenvalue weighted by atomic mass is 16.6. The zero-order valence-corrected chi connectivity index (χ0v) is 19.5. The van der Waals surface area contributed by atoms with E-state index in [0.717, 1.165) is 5.56 Å². The van der Waals surface area contributed by atoms with Crippen molar-refractivity contribution in [1.82, 2.24) is 10.2 Å². The molecule has 0 radical (unpaired) electrons. The minimum atomic E-state index is -1.69. The number of amides is 2. The van der Waals surface area contributed by atoms with Crippen LogP contribution in [-0.4, -0.2) is 52.1 Å². The zero-order chi connectivity index (χ0) is 24.7. The molecule has 10 nitrogen and oxygen atoms in total. The molecule has 10 heteroatoms. The average Bonchev–Trinajstić information content (AvgIpc) is 3.08. The Balaban J connectivity index is 0.00000249. The molecule has 1 saturated heterocycles. The van der Waals surface area contributed by atoms with Gasteiger partial charge in [0.2, 0.25) is 11.4 Å². The molecule has 1 aliphatic heterocycles. The molecule has 1 aromatic rings. The van der Waals surface area contributed by atoms with Crippen molar-refractivity contribution >= 4 is 18.0 Å². The van der Waals surface area contributed by atoms with Gasteiger partial charge in [0.1, 0.15) is 12.2 Å². The van der Waals surface area contributed by atoms with E-state index in [4.69, 9.17) is 26.0 Å². The van der Waals surface area contributed by atoms with Crippen LogP contribution in [-0.2, 0) is 25.7 Å². The molecule has 1 fully saturated rings. The molecule has 0 aliphatic carbocycles. The fraction of sp³-hybridized carbons (Fsp3) is 0.591. The monoisotopic (exact) mass is 447 g/mol. The van der Waals surface area contributed by atoms with Gasteiger partial charge in [0.15, 0.2) is 0 Å². The van der Waals surface area contributed by atoms with Crippen LogP contribution >= 0.6 is 0 Å². The van der Waals surface area contributed by atoms with Crippen LogP contribution in [0.2, 0.25) is 0 Å². The second kappa shape index (κ2) is 10.4. The standard InChI is InChI=1S/C22H33N3O5.N2/c1-20(2,3)25-13-16(24-19(28)30-21(4,5)6)12-22(25,17(23)26)18(27)29-14-15-10-8-7-9-11-15;1-2/h7-11,16H,12-14H2,1-6H3,(H2,23,26)(H,24,28);/t16-,22+;/m1./s1. The molecular weight excluding hydrogens is 414 g/mol. The first kappa shape index (κ1) is 26.8. The maximum atomic E-state index is 13.2. The first-order valence-corrected chi connectivity index (χ1v) is 10.2. The number of nitrogens with one attached hydrogen (secondary N) is 1. The Morgan fingerprint density at radius 2 is 1.69 bits per heavy atom. The summed E-state index contributed by atoms with van der Waals surface area (Å²) in [5, 5.41) is 14.8. The summed E-state index contributed by atoms with van der Waals surface area (Å²) >= 11 is 0. The number of nitrogens with two attached hydrogens (primary N) is 1. The molecule has 1 aliphatic rings. The maximum Gasteiger partial charge on any atom is 0.407 e. The number of likely N-dealkylation sites (tertiary alicyclic amines) is 1. The number of alkyl carbamates (subject to hydrolysis) is 1. The summed E-state index contributed by atoms with van der Waals surface area (Å²) in [5.41, 5.74) is 3.63. The Kier molecular flexibility index (Phi) is 8.74. The topological polar surface area (TPSA) is 159 Å². The number of hydrogen-bond acceptors (Lipinski definition) is 8. The Morgan fingerprint density at radius 3 is 2.16 bits per heavy atom. The van der Waals surface area contributed by atoms with E-state index in [1.54, 1.807) is 25.7 Å². The fourth-order valence-electron chi connectivity index (χ4n) is 3.70. The minimum absolute atomic E-state index is 0.00642. The number of rotatable bonds is 5. The van der Waals surface area contributed by atoms with E-state index in [0.29, 0.717) is 0 Å². The van der Waals surface area contributed by atoms with Crippen LogP contribution in [0.5, 0.6) is 0 Å². The minimum Gasteiger partial charge on any atom is -0.459 e. The molecular formula is C22H33N5O5. The normalized spacial score (nSPS) is 21.1. The summed E-state index contributed by atoms with van der Waals surface area (Å²) in [6.07, 6.45) is -0.605. The molecule has 32 heavy (non-hydrogen) atoms. The Labute approximate surface area is 188 Å². The van der Waals surface area contributed by atoms with Gasteiger partial charge in [-0.15, -0.1) is 0 Å². The van der Waals surface area contributed by atoms with Gasteiger partial charge in [-0.3, -0.25) is 9.69 Å². The van der Waals surface area contributed by atoms with E-state index in [2.05, 4.69) is 5.32 Å². The van der Waals surface area contributed by atoms with Gasteiger partial charge in [-0.1, -0.05) is 30.3 Å². The fourth-order valence-corrected chi connectivity index (χ4v) is 3.70. The first-order valence-electron chi connectivity index (χ1n) is 10.2. The van der Waals surface area contributed by atoms with Crippen LogP contribution in [0.15, 0.2) is 30.3 Å². The molecule has 2 rings (SSSR count). The number of nitrogens with zero attached hydrogens (tertiary/aromatic N) is 3. The van der Waals surface area contributed by atoms with E-state index >= 15 is 0 Å². The lowest BCUT2D eigenvalue weighted by Gasteiger charge is -2.42. The summed E-state index contributed by atoms with van der Waals surface area (Å²) in [7, 11) is 0. The second-order valence-electron chi connectivity index (χ2n) is 9.61. The van der Waals surface area contributed by atoms with E-state index in [1.165, 1.54) is 0 Å². The maximum absolute atomic E-state index is 13.2. The van der Waals surface area contributed by atoms with Crippen LogP contribution in [0.4, 0.5) is 4.79 Å². The van der Waals surface area contributed by atoms with Crippen molar-refractivity contribution in [3.8, 4) is 0 Å². The number of esters is 1. The van der Waals surface area contributed by atoms with Gasteiger partial charge in [0.25, 0.3) is 0 Å². The predicted octanol–water partition coefficient (Wildman–Crippen LogP) is 2.38. The Bertz CT molecular complexity index is 829. The molecule has 0 spiro atoms. The second-order valence-corrected chi connectivity index (χ2v) is 9.61. The molecule has 3 N–H and O–H groups in total. The summed E-state index contributed by atoms with van der Waals surface area (Å²) in [6.45, 7) is 11.2. The van der Waals surface area contributed by atoms with Crippen molar-refractivity contribution in [1.29, 1.82) is 10.8 Å². The quantitative estimate of drug-likeness (QED) is 0.395. The van der Waals surface area contributed by atoms with Crippen molar-refractivity contribution in [3.63, 3.8) is 0 Å². The van der Waals surface area contributed by atoms with Crippen LogP contribution in [0, 0.1) is 10.8 Å². The van der Waals surface area contributed by atoms with Crippen LogP contribution in [0.25, 0.3) is 0 Å². The van der Waals surface area contributed by atoms with Crippen LogP contribution in [0.1, 0.15) is 53.5 Å². The van der Waals surface area contributed by atoms with Crippen molar-refractivity contribution in [2.45, 2.75) is 77.3 Å². The summed E-state index contributed by atoms with van der Waals surface area (Å²) in [6, 6.07) is 8.69. The third-order valence-electron chi connectivity index (χ3n) is 4.89. The van der Waals surface area contributed by atoms with Gasteiger partial charge in [-0.05, 0) is 47.1 Å². The lowest BCUT2D eigenvalue weighted by Crippen LogP contribution is -2.64. The van der Waals surface area contributed by atoms with Gasteiger partial charge in [0.05, 0.1) is 0 Å². The molecule has 2 amide bonds. The van der Waals surface area contributed by atoms with E-state index in [9.17, 15) is 14.4 Å². The molecule has 0 saturated carbocycles.